The second kappa shape index (κ2) is 12.5. The van der Waals surface area contributed by atoms with Gasteiger partial charge in [-0.2, -0.15) is 0 Å². The van der Waals surface area contributed by atoms with Crippen molar-refractivity contribution in [1.82, 2.24) is 14.5 Å². The molecule has 226 valence electrons. The Labute approximate surface area is 278 Å². The first-order valence-corrected chi connectivity index (χ1v) is 15.2. The summed E-state index contributed by atoms with van der Waals surface area (Å²) in [5.41, 5.74) is 7.77. The molecule has 0 saturated carbocycles. The maximum atomic E-state index is 11.0. The predicted octanol–water partition coefficient (Wildman–Crippen LogP) is 10.3. The van der Waals surface area contributed by atoms with Gasteiger partial charge in [0.05, 0.1) is 11.3 Å². The van der Waals surface area contributed by atoms with E-state index in [1.807, 2.05) is 30.5 Å². The average Bonchev–Trinajstić information content (AvgIpc) is 3.48. The summed E-state index contributed by atoms with van der Waals surface area (Å²) < 4.78 is 2.17. The fourth-order valence-corrected chi connectivity index (χ4v) is 6.21. The fraction of sp³-hybridized carbons (Fsp3) is 0.150. The third kappa shape index (κ3) is 5.49. The zero-order valence-corrected chi connectivity index (χ0v) is 28.0. The zero-order valence-electron chi connectivity index (χ0n) is 25.7. The summed E-state index contributed by atoms with van der Waals surface area (Å²) in [6, 6.07) is 38.7. The van der Waals surface area contributed by atoms with Gasteiger partial charge in [0.25, 0.3) is 0 Å². The second-order valence-electron chi connectivity index (χ2n) is 12.0. The summed E-state index contributed by atoms with van der Waals surface area (Å²) in [7, 11) is 0. The number of aromatic nitrogens is 3. The van der Waals surface area contributed by atoms with Gasteiger partial charge >= 0.3 is 0 Å². The van der Waals surface area contributed by atoms with Crippen molar-refractivity contribution in [2.45, 2.75) is 39.5 Å². The first kappa shape index (κ1) is 30.5. The number of hydrogen-bond acceptors (Lipinski definition) is 3. The van der Waals surface area contributed by atoms with Gasteiger partial charge in [0, 0.05) is 44.8 Å². The van der Waals surface area contributed by atoms with Crippen LogP contribution < -0.4 is 0 Å². The number of nitrogens with zero attached hydrogens (tertiary/aromatic N) is 3. The number of para-hydroxylation sites is 2. The van der Waals surface area contributed by atoms with Gasteiger partial charge in [0.2, 0.25) is 0 Å². The number of rotatable bonds is 6. The fourth-order valence-electron chi connectivity index (χ4n) is 6.21. The molecule has 0 amide bonds. The number of aromatic hydroxyl groups is 1. The minimum atomic E-state index is 0. The smallest absolute Gasteiger partial charge is 0.140 e. The van der Waals surface area contributed by atoms with Gasteiger partial charge < -0.3 is 9.67 Å². The maximum Gasteiger partial charge on any atom is 0.140 e. The monoisotopic (exact) mass is 767 g/mol. The molecule has 2 heterocycles. The van der Waals surface area contributed by atoms with Crippen molar-refractivity contribution in [2.24, 2.45) is 0 Å². The number of imidazole rings is 1. The molecule has 0 radical (unpaired) electrons. The van der Waals surface area contributed by atoms with Crippen LogP contribution in [0.4, 0.5) is 0 Å². The van der Waals surface area contributed by atoms with Crippen molar-refractivity contribution in [3.63, 3.8) is 0 Å². The van der Waals surface area contributed by atoms with E-state index in [0.29, 0.717) is 23.2 Å². The Kier molecular flexibility index (Phi) is 8.44. The van der Waals surface area contributed by atoms with Gasteiger partial charge in [-0.1, -0.05) is 128 Å². The summed E-state index contributed by atoms with van der Waals surface area (Å²) in [4.78, 5) is 10.1. The van der Waals surface area contributed by atoms with Crippen molar-refractivity contribution >= 4 is 21.5 Å². The van der Waals surface area contributed by atoms with Crippen molar-refractivity contribution in [1.29, 1.82) is 0 Å². The summed E-state index contributed by atoms with van der Waals surface area (Å²) in [6.45, 7) is 8.89. The van der Waals surface area contributed by atoms with Crippen LogP contribution in [0.3, 0.4) is 0 Å². The van der Waals surface area contributed by atoms with E-state index >= 15 is 0 Å². The van der Waals surface area contributed by atoms with Crippen LogP contribution in [0, 0.1) is 6.07 Å². The molecule has 1 N–H and O–H groups in total. The Balaban J connectivity index is 0.00000357. The van der Waals surface area contributed by atoms with Gasteiger partial charge in [0.15, 0.2) is 0 Å². The molecular weight excluding hydrogens is 734 g/mol. The van der Waals surface area contributed by atoms with Gasteiger partial charge in [-0.15, -0.1) is 12.1 Å². The average molecular weight is 768 g/mol. The zero-order chi connectivity index (χ0) is 30.4. The molecule has 45 heavy (non-hydrogen) atoms. The number of phenolic OH excluding ortho intramolecular Hbond substituents is 1. The molecule has 0 saturated heterocycles. The van der Waals surface area contributed by atoms with E-state index in [1.165, 1.54) is 11.1 Å². The van der Waals surface area contributed by atoms with Crippen LogP contribution >= 0.6 is 0 Å². The SMILES string of the molecule is CC(C)c1cccc(C(C)C)c1-n1cc(-c2[c-]c(-c3nccc4ccccc34)c3ccccc3c2)nc1-c1ccccc1O.[Pt]. The third-order valence-corrected chi connectivity index (χ3v) is 8.41. The van der Waals surface area contributed by atoms with E-state index in [2.05, 4.69) is 117 Å². The van der Waals surface area contributed by atoms with Crippen LogP contribution in [0.15, 0.2) is 116 Å². The minimum absolute atomic E-state index is 0. The molecule has 0 bridgehead atoms. The topological polar surface area (TPSA) is 50.9 Å². The molecule has 0 aliphatic carbocycles. The van der Waals surface area contributed by atoms with Crippen LogP contribution in [0.2, 0.25) is 0 Å². The molecular formula is C40H34N3OPt-. The summed E-state index contributed by atoms with van der Waals surface area (Å²) >= 11 is 0. The Hall–Kier alpha value is -4.53. The van der Waals surface area contributed by atoms with Crippen molar-refractivity contribution < 1.29 is 26.2 Å². The quantitative estimate of drug-likeness (QED) is 0.172. The first-order valence-electron chi connectivity index (χ1n) is 15.2. The molecule has 7 aromatic rings. The van der Waals surface area contributed by atoms with Gasteiger partial charge in [0.1, 0.15) is 11.6 Å². The Morgan fingerprint density at radius 3 is 2.07 bits per heavy atom. The van der Waals surface area contributed by atoms with Crippen LogP contribution in [0.1, 0.15) is 50.7 Å². The molecule has 7 rings (SSSR count). The number of pyridine rings is 1. The molecule has 0 atom stereocenters. The normalized spacial score (nSPS) is 11.4. The largest absolute Gasteiger partial charge is 0.507 e. The van der Waals surface area contributed by atoms with Crippen LogP contribution in [0.25, 0.3) is 61.1 Å². The molecule has 5 aromatic carbocycles. The molecule has 0 unspecified atom stereocenters. The standard InChI is InChI=1S/C40H34N3O.Pt/c1-25(2)30-17-11-18-31(26(3)4)39(30)43-24-36(42-40(43)34-16-9-10-19-37(34)44)29-22-28-13-6-7-14-32(28)35(23-29)38-33-15-8-5-12-27(33)20-21-41-38;/h5-22,24-26,44H,1-4H3;/q-1;. The third-order valence-electron chi connectivity index (χ3n) is 8.41. The Morgan fingerprint density at radius 1 is 0.711 bits per heavy atom. The summed E-state index contributed by atoms with van der Waals surface area (Å²) in [5.74, 6) is 1.48. The van der Waals surface area contributed by atoms with E-state index in [0.717, 1.165) is 49.7 Å². The molecule has 5 heteroatoms. The number of hydrogen-bond donors (Lipinski definition) is 1. The van der Waals surface area contributed by atoms with Gasteiger partial charge in [-0.3, -0.25) is 9.97 Å². The Morgan fingerprint density at radius 2 is 1.36 bits per heavy atom. The van der Waals surface area contributed by atoms with Crippen LogP contribution in [0.5, 0.6) is 5.75 Å². The Bertz CT molecular complexity index is 2130. The van der Waals surface area contributed by atoms with Crippen molar-refractivity contribution in [2.75, 3.05) is 0 Å². The second-order valence-corrected chi connectivity index (χ2v) is 12.0. The van der Waals surface area contributed by atoms with Gasteiger partial charge in [-0.05, 0) is 51.9 Å². The van der Waals surface area contributed by atoms with Crippen molar-refractivity contribution in [3.8, 4) is 45.3 Å². The van der Waals surface area contributed by atoms with E-state index in [-0.39, 0.29) is 26.8 Å². The molecule has 0 aliphatic rings. The van der Waals surface area contributed by atoms with E-state index in [9.17, 15) is 5.11 Å². The summed E-state index contributed by atoms with van der Waals surface area (Å²) in [5, 5.41) is 15.4. The summed E-state index contributed by atoms with van der Waals surface area (Å²) in [6.07, 6.45) is 3.98. The van der Waals surface area contributed by atoms with E-state index in [1.54, 1.807) is 6.07 Å². The molecule has 2 aromatic heterocycles. The van der Waals surface area contributed by atoms with Gasteiger partial charge in [-0.25, -0.2) is 0 Å². The predicted molar refractivity (Wildman–Crippen MR) is 181 cm³/mol. The van der Waals surface area contributed by atoms with Crippen LogP contribution in [-0.4, -0.2) is 19.6 Å². The van der Waals surface area contributed by atoms with E-state index < -0.39 is 0 Å². The van der Waals surface area contributed by atoms with E-state index in [4.69, 9.17) is 9.97 Å². The molecule has 4 nitrogen and oxygen atoms in total. The minimum Gasteiger partial charge on any atom is -0.507 e. The number of benzene rings is 5. The number of fused-ring (bicyclic) bond motifs is 2. The maximum absolute atomic E-state index is 11.0. The molecule has 0 spiro atoms. The number of phenols is 1. The van der Waals surface area contributed by atoms with Crippen molar-refractivity contribution in [3.05, 3.63) is 133 Å². The van der Waals surface area contributed by atoms with Crippen LogP contribution in [-0.2, 0) is 21.1 Å². The molecule has 0 aliphatic heterocycles. The first-order chi connectivity index (χ1) is 21.4. The molecule has 0 fully saturated rings.